The quantitative estimate of drug-likeness (QED) is 0.697. The second kappa shape index (κ2) is 9.94. The number of carbonyl (C=O) groups is 2. The molecule has 1 heterocycles. The Hall–Kier alpha value is -2.38. The van der Waals surface area contributed by atoms with Crippen molar-refractivity contribution in [2.45, 2.75) is 20.4 Å². The van der Waals surface area contributed by atoms with Crippen LogP contribution in [0.5, 0.6) is 0 Å². The number of hydrogen-bond acceptors (Lipinski definition) is 5. The van der Waals surface area contributed by atoms with Gasteiger partial charge in [-0.15, -0.1) is 11.3 Å². The van der Waals surface area contributed by atoms with E-state index in [2.05, 4.69) is 29.6 Å². The summed E-state index contributed by atoms with van der Waals surface area (Å²) in [5.41, 5.74) is 6.51. The Balaban J connectivity index is 1.79. The summed E-state index contributed by atoms with van der Waals surface area (Å²) in [5.74, 6) is -0.581. The van der Waals surface area contributed by atoms with Crippen LogP contribution >= 0.6 is 11.3 Å². The number of benzene rings is 1. The lowest BCUT2D eigenvalue weighted by atomic mass is 10.2. The van der Waals surface area contributed by atoms with Crippen LogP contribution < -0.4 is 15.8 Å². The van der Waals surface area contributed by atoms with Crippen molar-refractivity contribution >= 4 is 28.8 Å². The Kier molecular flexibility index (Phi) is 7.62. The summed E-state index contributed by atoms with van der Waals surface area (Å²) in [7, 11) is 1.87. The van der Waals surface area contributed by atoms with Crippen LogP contribution in [-0.2, 0) is 11.3 Å². The standard InChI is InChI=1S/C19H26N4O2S/c1-4-23(5-2)16-10-8-15(9-11-16)19(25)21-20-18(24)14-22(3)13-17-7-6-12-26-17/h6-12H,4-5,13-14H2,1-3H3,(H,20,24)(H,21,25). The predicted octanol–water partition coefficient (Wildman–Crippen LogP) is 2.49. The van der Waals surface area contributed by atoms with Crippen LogP contribution in [0.25, 0.3) is 0 Å². The van der Waals surface area contributed by atoms with Crippen molar-refractivity contribution in [3.63, 3.8) is 0 Å². The lowest BCUT2D eigenvalue weighted by molar-refractivity contribution is -0.122. The van der Waals surface area contributed by atoms with E-state index in [9.17, 15) is 9.59 Å². The third-order valence-corrected chi connectivity index (χ3v) is 4.85. The topological polar surface area (TPSA) is 64.7 Å². The number of carbonyl (C=O) groups excluding carboxylic acids is 2. The molecule has 2 aromatic rings. The smallest absolute Gasteiger partial charge is 0.269 e. The summed E-state index contributed by atoms with van der Waals surface area (Å²) in [6, 6.07) is 11.4. The van der Waals surface area contributed by atoms with Crippen LogP contribution in [-0.4, -0.2) is 43.4 Å². The van der Waals surface area contributed by atoms with E-state index in [0.717, 1.165) is 18.8 Å². The predicted molar refractivity (Wildman–Crippen MR) is 106 cm³/mol. The number of hydrogen-bond donors (Lipinski definition) is 2. The van der Waals surface area contributed by atoms with E-state index in [0.29, 0.717) is 12.1 Å². The molecule has 0 aliphatic rings. The third-order valence-electron chi connectivity index (χ3n) is 3.99. The number of amides is 2. The van der Waals surface area contributed by atoms with Crippen molar-refractivity contribution in [2.24, 2.45) is 0 Å². The molecule has 26 heavy (non-hydrogen) atoms. The second-order valence-electron chi connectivity index (χ2n) is 5.97. The average molecular weight is 375 g/mol. The van der Waals surface area contributed by atoms with Crippen molar-refractivity contribution in [2.75, 3.05) is 31.6 Å². The number of anilines is 1. The van der Waals surface area contributed by atoms with Crippen molar-refractivity contribution in [3.8, 4) is 0 Å². The number of hydrazine groups is 1. The Morgan fingerprint density at radius 3 is 2.31 bits per heavy atom. The summed E-state index contributed by atoms with van der Waals surface area (Å²) in [5, 5.41) is 2.01. The van der Waals surface area contributed by atoms with E-state index in [1.165, 1.54) is 4.88 Å². The molecule has 2 rings (SSSR count). The molecule has 140 valence electrons. The molecular formula is C19H26N4O2S. The van der Waals surface area contributed by atoms with E-state index in [1.54, 1.807) is 23.5 Å². The van der Waals surface area contributed by atoms with Gasteiger partial charge in [-0.05, 0) is 56.6 Å². The molecule has 2 amide bonds. The van der Waals surface area contributed by atoms with E-state index in [-0.39, 0.29) is 18.4 Å². The first-order valence-electron chi connectivity index (χ1n) is 8.68. The number of thiophene rings is 1. The second-order valence-corrected chi connectivity index (χ2v) is 7.01. The molecule has 2 N–H and O–H groups in total. The average Bonchev–Trinajstić information content (AvgIpc) is 3.14. The van der Waals surface area contributed by atoms with Crippen LogP contribution in [0.2, 0.25) is 0 Å². The van der Waals surface area contributed by atoms with Gasteiger partial charge in [0.25, 0.3) is 11.8 Å². The monoisotopic (exact) mass is 374 g/mol. The van der Waals surface area contributed by atoms with Gasteiger partial charge in [0, 0.05) is 35.8 Å². The van der Waals surface area contributed by atoms with Crippen molar-refractivity contribution in [3.05, 3.63) is 52.2 Å². The molecule has 7 heteroatoms. The molecule has 6 nitrogen and oxygen atoms in total. The van der Waals surface area contributed by atoms with E-state index >= 15 is 0 Å². The summed E-state index contributed by atoms with van der Waals surface area (Å²) >= 11 is 1.65. The molecule has 1 aromatic carbocycles. The lowest BCUT2D eigenvalue weighted by Gasteiger charge is -2.21. The molecule has 0 unspecified atom stereocenters. The summed E-state index contributed by atoms with van der Waals surface area (Å²) in [6.07, 6.45) is 0. The fourth-order valence-corrected chi connectivity index (χ4v) is 3.40. The fraction of sp³-hybridized carbons (Fsp3) is 0.368. The maximum atomic E-state index is 12.2. The minimum absolute atomic E-state index is 0.207. The largest absolute Gasteiger partial charge is 0.372 e. The van der Waals surface area contributed by atoms with Crippen LogP contribution in [0, 0.1) is 0 Å². The highest BCUT2D eigenvalue weighted by atomic mass is 32.1. The van der Waals surface area contributed by atoms with E-state index < -0.39 is 0 Å². The Morgan fingerprint density at radius 1 is 1.04 bits per heavy atom. The van der Waals surface area contributed by atoms with E-state index in [4.69, 9.17) is 0 Å². The molecule has 0 atom stereocenters. The molecule has 0 bridgehead atoms. The Labute approximate surface area is 158 Å². The molecule has 1 aromatic heterocycles. The van der Waals surface area contributed by atoms with Crippen LogP contribution in [0.1, 0.15) is 29.1 Å². The number of nitrogens with one attached hydrogen (secondary N) is 2. The maximum absolute atomic E-state index is 12.2. The summed E-state index contributed by atoms with van der Waals surface area (Å²) in [6.45, 7) is 6.92. The van der Waals surface area contributed by atoms with Gasteiger partial charge in [0.15, 0.2) is 0 Å². The molecular weight excluding hydrogens is 348 g/mol. The fourth-order valence-electron chi connectivity index (χ4n) is 2.62. The highest BCUT2D eigenvalue weighted by Crippen LogP contribution is 2.14. The number of nitrogens with zero attached hydrogens (tertiary/aromatic N) is 2. The van der Waals surface area contributed by atoms with Gasteiger partial charge >= 0.3 is 0 Å². The first kappa shape index (κ1) is 19.9. The molecule has 0 spiro atoms. The van der Waals surface area contributed by atoms with Gasteiger partial charge in [-0.3, -0.25) is 25.3 Å². The van der Waals surface area contributed by atoms with Gasteiger partial charge in [0.1, 0.15) is 0 Å². The zero-order valence-corrected chi connectivity index (χ0v) is 16.3. The van der Waals surface area contributed by atoms with Gasteiger partial charge in [-0.1, -0.05) is 6.07 Å². The van der Waals surface area contributed by atoms with Crippen molar-refractivity contribution in [1.82, 2.24) is 15.8 Å². The molecule has 0 radical (unpaired) electrons. The summed E-state index contributed by atoms with van der Waals surface area (Å²) in [4.78, 5) is 29.4. The highest BCUT2D eigenvalue weighted by Gasteiger charge is 2.11. The van der Waals surface area contributed by atoms with Gasteiger partial charge in [-0.25, -0.2) is 0 Å². The van der Waals surface area contributed by atoms with Crippen molar-refractivity contribution in [1.29, 1.82) is 0 Å². The van der Waals surface area contributed by atoms with Gasteiger partial charge < -0.3 is 4.90 Å². The molecule has 0 fully saturated rings. The zero-order valence-electron chi connectivity index (χ0n) is 15.5. The van der Waals surface area contributed by atoms with Gasteiger partial charge in [0.05, 0.1) is 6.54 Å². The third kappa shape index (κ3) is 5.86. The molecule has 0 saturated carbocycles. The number of likely N-dealkylation sites (N-methyl/N-ethyl adjacent to an activating group) is 1. The van der Waals surface area contributed by atoms with Gasteiger partial charge in [0.2, 0.25) is 0 Å². The normalized spacial score (nSPS) is 10.6. The maximum Gasteiger partial charge on any atom is 0.269 e. The van der Waals surface area contributed by atoms with E-state index in [1.807, 2.05) is 41.6 Å². The van der Waals surface area contributed by atoms with Gasteiger partial charge in [-0.2, -0.15) is 0 Å². The zero-order chi connectivity index (χ0) is 18.9. The molecule has 0 aliphatic heterocycles. The Morgan fingerprint density at radius 2 is 1.73 bits per heavy atom. The minimum Gasteiger partial charge on any atom is -0.372 e. The van der Waals surface area contributed by atoms with Crippen LogP contribution in [0.15, 0.2) is 41.8 Å². The molecule has 0 saturated heterocycles. The SMILES string of the molecule is CCN(CC)c1ccc(C(=O)NNC(=O)CN(C)Cc2cccs2)cc1. The van der Waals surface area contributed by atoms with Crippen LogP contribution in [0.4, 0.5) is 5.69 Å². The minimum atomic E-state index is -0.328. The molecule has 0 aliphatic carbocycles. The van der Waals surface area contributed by atoms with Crippen molar-refractivity contribution < 1.29 is 9.59 Å². The lowest BCUT2D eigenvalue weighted by Crippen LogP contribution is -2.45. The van der Waals surface area contributed by atoms with Crippen LogP contribution in [0.3, 0.4) is 0 Å². The first-order chi connectivity index (χ1) is 12.5. The highest BCUT2D eigenvalue weighted by molar-refractivity contribution is 7.09. The summed E-state index contributed by atoms with van der Waals surface area (Å²) < 4.78 is 0. The Bertz CT molecular complexity index is 697. The number of rotatable bonds is 8. The first-order valence-corrected chi connectivity index (χ1v) is 9.56.